The number of hydrogen-bond donors (Lipinski definition) is 1. The minimum Gasteiger partial charge on any atom is -0.371 e. The van der Waals surface area contributed by atoms with Gasteiger partial charge in [0.15, 0.2) is 0 Å². The predicted molar refractivity (Wildman–Crippen MR) is 62.5 cm³/mol. The Hall–Kier alpha value is -0.570. The largest absolute Gasteiger partial charge is 0.371 e. The van der Waals surface area contributed by atoms with Gasteiger partial charge in [-0.15, -0.1) is 12.4 Å². The molecule has 1 aliphatic heterocycles. The fourth-order valence-corrected chi connectivity index (χ4v) is 2.56. The van der Waals surface area contributed by atoms with E-state index >= 15 is 0 Å². The number of rotatable bonds is 0. The summed E-state index contributed by atoms with van der Waals surface area (Å²) in [4.78, 5) is 0. The molecule has 1 aliphatic carbocycles. The van der Waals surface area contributed by atoms with E-state index in [-0.39, 0.29) is 12.4 Å². The van der Waals surface area contributed by atoms with Crippen molar-refractivity contribution in [2.45, 2.75) is 25.0 Å². The smallest absolute Gasteiger partial charge is 0.0981 e. The second-order valence-electron chi connectivity index (χ2n) is 4.09. The number of halogens is 1. The lowest BCUT2D eigenvalue weighted by molar-refractivity contribution is -0.0127. The van der Waals surface area contributed by atoms with E-state index in [1.165, 1.54) is 24.0 Å². The number of aryl methyl sites for hydroxylation is 1. The molecule has 0 unspecified atom stereocenters. The normalized spacial score (nSPS) is 28.5. The SMILES string of the molecule is Cl.c1ccc2c(c1)CC[C@H]1NCCO[C@@H]21. The zero-order valence-corrected chi connectivity index (χ0v) is 9.43. The van der Waals surface area contributed by atoms with Gasteiger partial charge < -0.3 is 10.1 Å². The maximum absolute atomic E-state index is 5.85. The van der Waals surface area contributed by atoms with E-state index in [0.717, 1.165) is 13.2 Å². The third-order valence-corrected chi connectivity index (χ3v) is 3.26. The van der Waals surface area contributed by atoms with Gasteiger partial charge in [0.2, 0.25) is 0 Å². The lowest BCUT2D eigenvalue weighted by atomic mass is 9.85. The zero-order chi connectivity index (χ0) is 9.38. The van der Waals surface area contributed by atoms with Crippen molar-refractivity contribution < 1.29 is 4.74 Å². The lowest BCUT2D eigenvalue weighted by Gasteiger charge is -2.37. The summed E-state index contributed by atoms with van der Waals surface area (Å²) in [5.41, 5.74) is 2.87. The second kappa shape index (κ2) is 4.52. The number of ether oxygens (including phenoxy) is 1. The highest BCUT2D eigenvalue weighted by Gasteiger charge is 2.31. The Bertz CT molecular complexity index is 342. The van der Waals surface area contributed by atoms with Gasteiger partial charge in [-0.3, -0.25) is 0 Å². The summed E-state index contributed by atoms with van der Waals surface area (Å²) in [6.45, 7) is 1.85. The Labute approximate surface area is 96.4 Å². The van der Waals surface area contributed by atoms with E-state index in [0.29, 0.717) is 12.1 Å². The van der Waals surface area contributed by atoms with Crippen LogP contribution in [0.5, 0.6) is 0 Å². The Kier molecular flexibility index (Phi) is 3.29. The standard InChI is InChI=1S/C12H15NO.ClH/c1-2-4-10-9(3-1)5-6-11-12(10)14-8-7-13-11;/h1-4,11-13H,5-8H2;1H/t11-,12+;/m1./s1. The number of nitrogens with one attached hydrogen (secondary N) is 1. The van der Waals surface area contributed by atoms with E-state index in [4.69, 9.17) is 4.74 Å². The molecule has 1 aromatic rings. The van der Waals surface area contributed by atoms with Gasteiger partial charge >= 0.3 is 0 Å². The number of morpholine rings is 1. The van der Waals surface area contributed by atoms with Gasteiger partial charge in [0.05, 0.1) is 12.7 Å². The van der Waals surface area contributed by atoms with E-state index < -0.39 is 0 Å². The topological polar surface area (TPSA) is 21.3 Å². The number of benzene rings is 1. The van der Waals surface area contributed by atoms with Crippen LogP contribution in [0.1, 0.15) is 23.7 Å². The van der Waals surface area contributed by atoms with Crippen molar-refractivity contribution in [3.8, 4) is 0 Å². The van der Waals surface area contributed by atoms with E-state index in [2.05, 4.69) is 29.6 Å². The first-order valence-electron chi connectivity index (χ1n) is 5.38. The van der Waals surface area contributed by atoms with Crippen LogP contribution in [-0.4, -0.2) is 19.2 Å². The minimum absolute atomic E-state index is 0. The average Bonchev–Trinajstić information content (AvgIpc) is 2.29. The van der Waals surface area contributed by atoms with Crippen LogP contribution in [0.25, 0.3) is 0 Å². The molecule has 0 bridgehead atoms. The summed E-state index contributed by atoms with van der Waals surface area (Å²) in [6.07, 6.45) is 2.70. The second-order valence-corrected chi connectivity index (χ2v) is 4.09. The van der Waals surface area contributed by atoms with Crippen LogP contribution in [-0.2, 0) is 11.2 Å². The van der Waals surface area contributed by atoms with Crippen LogP contribution >= 0.6 is 12.4 Å². The van der Waals surface area contributed by atoms with Crippen LogP contribution in [0.3, 0.4) is 0 Å². The minimum atomic E-state index is 0. The molecule has 0 radical (unpaired) electrons. The van der Waals surface area contributed by atoms with Crippen LogP contribution < -0.4 is 5.32 Å². The first-order chi connectivity index (χ1) is 6.95. The average molecular weight is 226 g/mol. The molecule has 1 heterocycles. The third kappa shape index (κ3) is 1.89. The Morgan fingerprint density at radius 1 is 1.27 bits per heavy atom. The van der Waals surface area contributed by atoms with Crippen molar-refractivity contribution in [2.75, 3.05) is 13.2 Å². The highest BCUT2D eigenvalue weighted by atomic mass is 35.5. The van der Waals surface area contributed by atoms with Crippen molar-refractivity contribution in [1.29, 1.82) is 0 Å². The fraction of sp³-hybridized carbons (Fsp3) is 0.500. The van der Waals surface area contributed by atoms with Crippen molar-refractivity contribution in [2.24, 2.45) is 0 Å². The Balaban J connectivity index is 0.000000853. The summed E-state index contributed by atoms with van der Waals surface area (Å²) < 4.78 is 5.85. The quantitative estimate of drug-likeness (QED) is 0.730. The van der Waals surface area contributed by atoms with Gasteiger partial charge in [-0.2, -0.15) is 0 Å². The van der Waals surface area contributed by atoms with Crippen molar-refractivity contribution in [3.05, 3.63) is 35.4 Å². The van der Waals surface area contributed by atoms with Crippen LogP contribution in [0, 0.1) is 0 Å². The van der Waals surface area contributed by atoms with Gasteiger partial charge in [0.25, 0.3) is 0 Å². The molecular weight excluding hydrogens is 210 g/mol. The first kappa shape index (κ1) is 10.9. The number of fused-ring (bicyclic) bond motifs is 3. The molecule has 0 aromatic heterocycles. The monoisotopic (exact) mass is 225 g/mol. The summed E-state index contributed by atoms with van der Waals surface area (Å²) in [5, 5.41) is 3.54. The molecule has 0 saturated carbocycles. The third-order valence-electron chi connectivity index (χ3n) is 3.26. The van der Waals surface area contributed by atoms with Gasteiger partial charge in [0.1, 0.15) is 0 Å². The molecule has 0 amide bonds. The Morgan fingerprint density at radius 2 is 2.13 bits per heavy atom. The molecule has 3 rings (SSSR count). The molecular formula is C12H16ClNO. The highest BCUT2D eigenvalue weighted by molar-refractivity contribution is 5.85. The first-order valence-corrected chi connectivity index (χ1v) is 5.38. The van der Waals surface area contributed by atoms with Crippen molar-refractivity contribution >= 4 is 12.4 Å². The number of hydrogen-bond acceptors (Lipinski definition) is 2. The molecule has 82 valence electrons. The molecule has 1 N–H and O–H groups in total. The van der Waals surface area contributed by atoms with Gasteiger partial charge in [-0.1, -0.05) is 24.3 Å². The highest BCUT2D eigenvalue weighted by Crippen LogP contribution is 2.33. The molecule has 1 aromatic carbocycles. The van der Waals surface area contributed by atoms with Crippen LogP contribution in [0.4, 0.5) is 0 Å². The van der Waals surface area contributed by atoms with E-state index in [9.17, 15) is 0 Å². The molecule has 1 saturated heterocycles. The molecule has 0 spiro atoms. The van der Waals surface area contributed by atoms with E-state index in [1.807, 2.05) is 0 Å². The fourth-order valence-electron chi connectivity index (χ4n) is 2.56. The van der Waals surface area contributed by atoms with E-state index in [1.54, 1.807) is 0 Å². The predicted octanol–water partition coefficient (Wildman–Crippen LogP) is 2.08. The van der Waals surface area contributed by atoms with Crippen molar-refractivity contribution in [3.63, 3.8) is 0 Å². The maximum Gasteiger partial charge on any atom is 0.0981 e. The van der Waals surface area contributed by atoms with Crippen molar-refractivity contribution in [1.82, 2.24) is 5.32 Å². The van der Waals surface area contributed by atoms with Crippen LogP contribution in [0.2, 0.25) is 0 Å². The van der Waals surface area contributed by atoms with Crippen LogP contribution in [0.15, 0.2) is 24.3 Å². The molecule has 15 heavy (non-hydrogen) atoms. The summed E-state index contributed by atoms with van der Waals surface area (Å²) >= 11 is 0. The molecule has 2 atom stereocenters. The van der Waals surface area contributed by atoms with Gasteiger partial charge in [-0.05, 0) is 24.0 Å². The molecule has 1 fully saturated rings. The summed E-state index contributed by atoms with van der Waals surface area (Å²) in [5.74, 6) is 0. The molecule has 2 nitrogen and oxygen atoms in total. The maximum atomic E-state index is 5.85. The lowest BCUT2D eigenvalue weighted by Crippen LogP contribution is -2.45. The summed E-state index contributed by atoms with van der Waals surface area (Å²) in [6, 6.07) is 9.20. The van der Waals surface area contributed by atoms with Gasteiger partial charge in [0, 0.05) is 12.6 Å². The van der Waals surface area contributed by atoms with Gasteiger partial charge in [-0.25, -0.2) is 0 Å². The summed E-state index contributed by atoms with van der Waals surface area (Å²) in [7, 11) is 0. The Morgan fingerprint density at radius 3 is 3.07 bits per heavy atom. The zero-order valence-electron chi connectivity index (χ0n) is 8.61. The molecule has 2 aliphatic rings. The molecule has 3 heteroatoms.